The summed E-state index contributed by atoms with van der Waals surface area (Å²) in [6.07, 6.45) is 4.58. The quantitative estimate of drug-likeness (QED) is 0.321. The molecule has 0 heterocycles. The van der Waals surface area contributed by atoms with Gasteiger partial charge in [0.15, 0.2) is 5.96 Å². The molecule has 1 fully saturated rings. The zero-order valence-electron chi connectivity index (χ0n) is 17.5. The first kappa shape index (κ1) is 23.7. The number of sulfonamides is 1. The van der Waals surface area contributed by atoms with E-state index in [-0.39, 0.29) is 17.1 Å². The van der Waals surface area contributed by atoms with E-state index in [0.29, 0.717) is 32.0 Å². The Balaban J connectivity index is 2.62. The summed E-state index contributed by atoms with van der Waals surface area (Å²) >= 11 is 0. The lowest BCUT2D eigenvalue weighted by Gasteiger charge is -2.29. The van der Waals surface area contributed by atoms with E-state index in [9.17, 15) is 13.2 Å². The van der Waals surface area contributed by atoms with Gasteiger partial charge in [0.25, 0.3) is 0 Å². The molecule has 0 radical (unpaired) electrons. The van der Waals surface area contributed by atoms with Crippen molar-refractivity contribution in [2.45, 2.75) is 46.0 Å². The molecule has 0 aliphatic heterocycles. The molecule has 1 amide bonds. The SMILES string of the molecule is CCNC(=NCC1(C(=O)N(C)C)CCCC1)NCCCN(C)S(=O)(=O)CC. The lowest BCUT2D eigenvalue weighted by molar-refractivity contribution is -0.138. The molecule has 1 aliphatic rings. The molecule has 27 heavy (non-hydrogen) atoms. The molecule has 1 rings (SSSR count). The van der Waals surface area contributed by atoms with E-state index in [0.717, 1.165) is 32.2 Å². The molecular weight excluding hydrogens is 366 g/mol. The van der Waals surface area contributed by atoms with Gasteiger partial charge in [0.2, 0.25) is 15.9 Å². The Labute approximate surface area is 164 Å². The number of aliphatic imine (C=N–C) groups is 1. The maximum Gasteiger partial charge on any atom is 0.230 e. The van der Waals surface area contributed by atoms with Crippen molar-refractivity contribution in [1.29, 1.82) is 0 Å². The Morgan fingerprint density at radius 2 is 1.74 bits per heavy atom. The molecule has 0 bridgehead atoms. The van der Waals surface area contributed by atoms with Crippen molar-refractivity contribution in [3.05, 3.63) is 0 Å². The van der Waals surface area contributed by atoms with Crippen LogP contribution in [0.25, 0.3) is 0 Å². The van der Waals surface area contributed by atoms with Crippen LogP contribution in [0.15, 0.2) is 4.99 Å². The van der Waals surface area contributed by atoms with Crippen molar-refractivity contribution in [3.8, 4) is 0 Å². The van der Waals surface area contributed by atoms with Gasteiger partial charge in [-0.15, -0.1) is 0 Å². The van der Waals surface area contributed by atoms with Crippen LogP contribution in [-0.2, 0) is 14.8 Å². The van der Waals surface area contributed by atoms with Gasteiger partial charge >= 0.3 is 0 Å². The molecular formula is C18H37N5O3S. The number of amides is 1. The van der Waals surface area contributed by atoms with Gasteiger partial charge in [0, 0.05) is 40.8 Å². The predicted molar refractivity (Wildman–Crippen MR) is 110 cm³/mol. The van der Waals surface area contributed by atoms with Crippen LogP contribution in [-0.4, -0.2) is 82.6 Å². The Bertz CT molecular complexity index is 598. The summed E-state index contributed by atoms with van der Waals surface area (Å²) in [5.41, 5.74) is -0.388. The van der Waals surface area contributed by atoms with E-state index in [4.69, 9.17) is 0 Å². The molecule has 0 aromatic carbocycles. The average Bonchev–Trinajstić information content (AvgIpc) is 3.12. The van der Waals surface area contributed by atoms with Crippen molar-refractivity contribution in [2.24, 2.45) is 10.4 Å². The van der Waals surface area contributed by atoms with Crippen LogP contribution in [0.2, 0.25) is 0 Å². The van der Waals surface area contributed by atoms with E-state index in [1.807, 2.05) is 6.92 Å². The highest BCUT2D eigenvalue weighted by Crippen LogP contribution is 2.39. The van der Waals surface area contributed by atoms with Gasteiger partial charge in [0.05, 0.1) is 17.7 Å². The number of nitrogens with one attached hydrogen (secondary N) is 2. The van der Waals surface area contributed by atoms with Crippen LogP contribution in [0.1, 0.15) is 46.0 Å². The topological polar surface area (TPSA) is 94.1 Å². The van der Waals surface area contributed by atoms with Crippen LogP contribution in [0.4, 0.5) is 0 Å². The van der Waals surface area contributed by atoms with E-state index in [1.54, 1.807) is 33.0 Å². The number of carbonyl (C=O) groups excluding carboxylic acids is 1. The van der Waals surface area contributed by atoms with E-state index in [1.165, 1.54) is 4.31 Å². The minimum absolute atomic E-state index is 0.114. The zero-order valence-corrected chi connectivity index (χ0v) is 18.4. The maximum absolute atomic E-state index is 12.6. The van der Waals surface area contributed by atoms with Crippen LogP contribution in [0.5, 0.6) is 0 Å². The summed E-state index contributed by atoms with van der Waals surface area (Å²) in [4.78, 5) is 19.0. The number of nitrogens with zero attached hydrogens (tertiary/aromatic N) is 3. The number of rotatable bonds is 10. The lowest BCUT2D eigenvalue weighted by Crippen LogP contribution is -2.43. The third-order valence-corrected chi connectivity index (χ3v) is 6.95. The summed E-state index contributed by atoms with van der Waals surface area (Å²) in [7, 11) is 2.07. The third-order valence-electron chi connectivity index (χ3n) is 5.09. The van der Waals surface area contributed by atoms with Crippen LogP contribution >= 0.6 is 0 Å². The number of guanidine groups is 1. The second kappa shape index (κ2) is 10.8. The Kier molecular flexibility index (Phi) is 9.52. The fourth-order valence-corrected chi connectivity index (χ4v) is 4.25. The van der Waals surface area contributed by atoms with Gasteiger partial charge in [-0.3, -0.25) is 9.79 Å². The number of hydrogen-bond acceptors (Lipinski definition) is 4. The van der Waals surface area contributed by atoms with Gasteiger partial charge in [0.1, 0.15) is 0 Å². The minimum atomic E-state index is -3.14. The van der Waals surface area contributed by atoms with Crippen molar-refractivity contribution in [1.82, 2.24) is 19.8 Å². The standard InChI is InChI=1S/C18H37N5O3S/c1-6-19-17(20-13-10-14-23(5)27(25,26)7-2)21-15-18(11-8-9-12-18)16(24)22(3)4/h6-15H2,1-5H3,(H2,19,20,21). The molecule has 0 atom stereocenters. The van der Waals surface area contributed by atoms with Crippen LogP contribution in [0, 0.1) is 5.41 Å². The van der Waals surface area contributed by atoms with Crippen molar-refractivity contribution < 1.29 is 13.2 Å². The second-order valence-corrected chi connectivity index (χ2v) is 9.75. The first-order valence-electron chi connectivity index (χ1n) is 9.86. The molecule has 1 saturated carbocycles. The summed E-state index contributed by atoms with van der Waals surface area (Å²) in [6, 6.07) is 0. The van der Waals surface area contributed by atoms with Gasteiger partial charge in [-0.05, 0) is 33.1 Å². The second-order valence-electron chi connectivity index (χ2n) is 7.38. The molecule has 2 N–H and O–H groups in total. The van der Waals surface area contributed by atoms with Crippen molar-refractivity contribution >= 4 is 21.9 Å². The van der Waals surface area contributed by atoms with E-state index < -0.39 is 10.0 Å². The number of hydrogen-bond donors (Lipinski definition) is 2. The summed E-state index contributed by atoms with van der Waals surface area (Å²) in [6.45, 7) is 5.92. The summed E-state index contributed by atoms with van der Waals surface area (Å²) in [5.74, 6) is 0.950. The lowest BCUT2D eigenvalue weighted by atomic mass is 9.85. The highest BCUT2D eigenvalue weighted by molar-refractivity contribution is 7.89. The average molecular weight is 404 g/mol. The predicted octanol–water partition coefficient (Wildman–Crippen LogP) is 0.862. The van der Waals surface area contributed by atoms with Gasteiger partial charge in [-0.1, -0.05) is 12.8 Å². The fraction of sp³-hybridized carbons (Fsp3) is 0.889. The first-order chi connectivity index (χ1) is 12.7. The first-order valence-corrected chi connectivity index (χ1v) is 11.5. The highest BCUT2D eigenvalue weighted by Gasteiger charge is 2.42. The van der Waals surface area contributed by atoms with Gasteiger partial charge < -0.3 is 15.5 Å². The molecule has 0 aromatic heterocycles. The molecule has 0 unspecified atom stereocenters. The molecule has 8 nitrogen and oxygen atoms in total. The van der Waals surface area contributed by atoms with Gasteiger partial charge in [-0.25, -0.2) is 12.7 Å². The number of carbonyl (C=O) groups is 1. The van der Waals surface area contributed by atoms with Crippen molar-refractivity contribution in [3.63, 3.8) is 0 Å². The molecule has 9 heteroatoms. The van der Waals surface area contributed by atoms with Crippen LogP contribution < -0.4 is 10.6 Å². The highest BCUT2D eigenvalue weighted by atomic mass is 32.2. The molecule has 0 spiro atoms. The van der Waals surface area contributed by atoms with Gasteiger partial charge in [-0.2, -0.15) is 0 Å². The Hall–Kier alpha value is -1.35. The fourth-order valence-electron chi connectivity index (χ4n) is 3.41. The smallest absolute Gasteiger partial charge is 0.230 e. The minimum Gasteiger partial charge on any atom is -0.357 e. The van der Waals surface area contributed by atoms with Crippen LogP contribution in [0.3, 0.4) is 0 Å². The molecule has 0 saturated heterocycles. The molecule has 1 aliphatic carbocycles. The summed E-state index contributed by atoms with van der Waals surface area (Å²) < 4.78 is 24.9. The third kappa shape index (κ3) is 6.95. The Morgan fingerprint density at radius 3 is 2.26 bits per heavy atom. The van der Waals surface area contributed by atoms with Crippen molar-refractivity contribution in [2.75, 3.05) is 53.1 Å². The summed E-state index contributed by atoms with van der Waals surface area (Å²) in [5, 5.41) is 6.45. The monoisotopic (exact) mass is 403 g/mol. The maximum atomic E-state index is 12.6. The Morgan fingerprint density at radius 1 is 1.11 bits per heavy atom. The van der Waals surface area contributed by atoms with E-state index >= 15 is 0 Å². The molecule has 0 aromatic rings. The largest absolute Gasteiger partial charge is 0.357 e. The van der Waals surface area contributed by atoms with E-state index in [2.05, 4.69) is 15.6 Å². The normalized spacial score (nSPS) is 17.2. The molecule has 158 valence electrons. The zero-order chi connectivity index (χ0) is 20.5.